The molecule has 3 heteroatoms. The third-order valence-electron chi connectivity index (χ3n) is 2.21. The Kier molecular flexibility index (Phi) is 5.43. The van der Waals surface area contributed by atoms with Gasteiger partial charge in [-0.25, -0.2) is 4.79 Å². The Morgan fingerprint density at radius 2 is 2.06 bits per heavy atom. The number of aliphatic hydroxyl groups excluding tert-OH is 1. The maximum absolute atomic E-state index is 11.4. The Hall–Kier alpha value is -1.61. The fourth-order valence-corrected chi connectivity index (χ4v) is 1.35. The van der Waals surface area contributed by atoms with Crippen LogP contribution in [0.4, 0.5) is 0 Å². The summed E-state index contributed by atoms with van der Waals surface area (Å²) in [6.45, 7) is 3.91. The van der Waals surface area contributed by atoms with Gasteiger partial charge in [-0.05, 0) is 38.0 Å². The lowest BCUT2D eigenvalue weighted by molar-refractivity contribution is 0.0526. The molecule has 0 aliphatic heterocycles. The van der Waals surface area contributed by atoms with Gasteiger partial charge in [-0.2, -0.15) is 0 Å². The van der Waals surface area contributed by atoms with Crippen molar-refractivity contribution in [2.45, 2.75) is 26.4 Å². The minimum absolute atomic E-state index is 0.299. The van der Waals surface area contributed by atoms with Crippen LogP contribution >= 0.6 is 0 Å². The summed E-state index contributed by atoms with van der Waals surface area (Å²) < 4.78 is 4.89. The molecular formula is C14H18O3. The van der Waals surface area contributed by atoms with Gasteiger partial charge < -0.3 is 9.84 Å². The van der Waals surface area contributed by atoms with Gasteiger partial charge in [-0.3, -0.25) is 0 Å². The Bertz CT molecular complexity index is 377. The van der Waals surface area contributed by atoms with E-state index in [1.54, 1.807) is 26.0 Å². The summed E-state index contributed by atoms with van der Waals surface area (Å²) in [6, 6.07) is 7.18. The second kappa shape index (κ2) is 6.86. The van der Waals surface area contributed by atoms with Crippen molar-refractivity contribution in [1.29, 1.82) is 0 Å². The van der Waals surface area contributed by atoms with E-state index >= 15 is 0 Å². The number of hydrogen-bond acceptors (Lipinski definition) is 3. The average Bonchev–Trinajstić information content (AvgIpc) is 2.30. The molecule has 0 amide bonds. The predicted molar refractivity (Wildman–Crippen MR) is 67.7 cm³/mol. The quantitative estimate of drug-likeness (QED) is 0.797. The maximum Gasteiger partial charge on any atom is 0.338 e. The van der Waals surface area contributed by atoms with Crippen LogP contribution in [0.1, 0.15) is 36.2 Å². The molecule has 1 N–H and O–H groups in total. The van der Waals surface area contributed by atoms with Gasteiger partial charge in [-0.1, -0.05) is 24.3 Å². The fraction of sp³-hybridized carbons (Fsp3) is 0.357. The van der Waals surface area contributed by atoms with Gasteiger partial charge >= 0.3 is 5.97 Å². The van der Waals surface area contributed by atoms with E-state index < -0.39 is 0 Å². The largest absolute Gasteiger partial charge is 0.462 e. The molecule has 0 saturated carbocycles. The molecule has 92 valence electrons. The summed E-state index contributed by atoms with van der Waals surface area (Å²) in [5.41, 5.74) is 1.55. The first-order valence-corrected chi connectivity index (χ1v) is 5.75. The lowest BCUT2D eigenvalue weighted by Gasteiger charge is -2.02. The van der Waals surface area contributed by atoms with Crippen molar-refractivity contribution in [2.75, 3.05) is 6.61 Å². The van der Waals surface area contributed by atoms with Crippen LogP contribution in [-0.2, 0) is 4.74 Å². The first-order valence-electron chi connectivity index (χ1n) is 5.75. The fourth-order valence-electron chi connectivity index (χ4n) is 1.35. The Balaban J connectivity index is 2.61. The first kappa shape index (κ1) is 13.5. The highest BCUT2D eigenvalue weighted by molar-refractivity contribution is 5.89. The van der Waals surface area contributed by atoms with Gasteiger partial charge in [0.05, 0.1) is 18.3 Å². The number of carbonyl (C=O) groups is 1. The molecule has 0 saturated heterocycles. The average molecular weight is 234 g/mol. The van der Waals surface area contributed by atoms with Crippen molar-refractivity contribution in [2.24, 2.45) is 0 Å². The molecule has 0 spiro atoms. The zero-order chi connectivity index (χ0) is 12.7. The molecule has 1 aromatic rings. The van der Waals surface area contributed by atoms with Crippen LogP contribution in [0.3, 0.4) is 0 Å². The number of hydrogen-bond donors (Lipinski definition) is 1. The Morgan fingerprint density at radius 1 is 1.41 bits per heavy atom. The molecule has 17 heavy (non-hydrogen) atoms. The topological polar surface area (TPSA) is 46.5 Å². The summed E-state index contributed by atoms with van der Waals surface area (Å²) in [4.78, 5) is 11.4. The van der Waals surface area contributed by atoms with Gasteiger partial charge in [0.2, 0.25) is 0 Å². The number of carbonyl (C=O) groups excluding carboxylic acids is 1. The summed E-state index contributed by atoms with van der Waals surface area (Å²) in [7, 11) is 0. The number of ether oxygens (including phenoxy) is 1. The van der Waals surface area contributed by atoms with Crippen molar-refractivity contribution in [1.82, 2.24) is 0 Å². The molecule has 1 rings (SSSR count). The van der Waals surface area contributed by atoms with Crippen LogP contribution in [0.25, 0.3) is 6.08 Å². The van der Waals surface area contributed by atoms with Crippen molar-refractivity contribution >= 4 is 12.0 Å². The first-order chi connectivity index (χ1) is 8.13. The minimum Gasteiger partial charge on any atom is -0.462 e. The smallest absolute Gasteiger partial charge is 0.338 e. The number of rotatable bonds is 5. The molecule has 0 aromatic heterocycles. The molecule has 0 heterocycles. The molecule has 0 fully saturated rings. The van der Waals surface area contributed by atoms with E-state index in [1.807, 2.05) is 24.3 Å². The molecular weight excluding hydrogens is 216 g/mol. The standard InChI is InChI=1S/C14H18O3/c1-3-17-14(16)13-9-7-12(8-10-13)6-4-5-11(2)15/h4,6-11,15H,3,5H2,1-2H3. The SMILES string of the molecule is CCOC(=O)c1ccc(C=CCC(C)O)cc1. The van der Waals surface area contributed by atoms with Gasteiger partial charge in [0, 0.05) is 0 Å². The zero-order valence-corrected chi connectivity index (χ0v) is 10.2. The molecule has 0 aliphatic carbocycles. The summed E-state index contributed by atoms with van der Waals surface area (Å²) in [5, 5.41) is 9.09. The van der Waals surface area contributed by atoms with E-state index in [2.05, 4.69) is 0 Å². The third-order valence-corrected chi connectivity index (χ3v) is 2.21. The van der Waals surface area contributed by atoms with Gasteiger partial charge in [0.1, 0.15) is 0 Å². The summed E-state index contributed by atoms with van der Waals surface area (Å²) in [6.07, 6.45) is 4.12. The van der Waals surface area contributed by atoms with Crippen LogP contribution in [0.15, 0.2) is 30.3 Å². The second-order valence-corrected chi connectivity index (χ2v) is 3.83. The normalized spacial score (nSPS) is 12.6. The van der Waals surface area contributed by atoms with Gasteiger partial charge in [0.25, 0.3) is 0 Å². The molecule has 1 atom stereocenters. The highest BCUT2D eigenvalue weighted by Gasteiger charge is 2.04. The highest BCUT2D eigenvalue weighted by atomic mass is 16.5. The van der Waals surface area contributed by atoms with Crippen LogP contribution < -0.4 is 0 Å². The molecule has 0 bridgehead atoms. The molecule has 1 unspecified atom stereocenters. The molecule has 3 nitrogen and oxygen atoms in total. The van der Waals surface area contributed by atoms with Gasteiger partial charge in [0.15, 0.2) is 0 Å². The predicted octanol–water partition coefficient (Wildman–Crippen LogP) is 2.65. The minimum atomic E-state index is -0.329. The van der Waals surface area contributed by atoms with E-state index in [4.69, 9.17) is 9.84 Å². The van der Waals surface area contributed by atoms with Crippen LogP contribution in [0.2, 0.25) is 0 Å². The van der Waals surface area contributed by atoms with Crippen molar-refractivity contribution in [3.05, 3.63) is 41.5 Å². The van der Waals surface area contributed by atoms with E-state index in [9.17, 15) is 4.79 Å². The van der Waals surface area contributed by atoms with Crippen LogP contribution in [-0.4, -0.2) is 23.8 Å². The lowest BCUT2D eigenvalue weighted by atomic mass is 10.1. The molecule has 0 aliphatic rings. The Labute approximate surface area is 102 Å². The summed E-state index contributed by atoms with van der Waals surface area (Å²) >= 11 is 0. The monoisotopic (exact) mass is 234 g/mol. The third kappa shape index (κ3) is 4.83. The number of aliphatic hydroxyl groups is 1. The van der Waals surface area contributed by atoms with E-state index in [1.165, 1.54) is 0 Å². The van der Waals surface area contributed by atoms with Crippen molar-refractivity contribution < 1.29 is 14.6 Å². The van der Waals surface area contributed by atoms with E-state index in [0.717, 1.165) is 5.56 Å². The van der Waals surface area contributed by atoms with Crippen molar-refractivity contribution in [3.63, 3.8) is 0 Å². The number of benzene rings is 1. The Morgan fingerprint density at radius 3 is 2.59 bits per heavy atom. The zero-order valence-electron chi connectivity index (χ0n) is 10.2. The van der Waals surface area contributed by atoms with Gasteiger partial charge in [-0.15, -0.1) is 0 Å². The lowest BCUT2D eigenvalue weighted by Crippen LogP contribution is -2.03. The second-order valence-electron chi connectivity index (χ2n) is 3.83. The molecule has 0 radical (unpaired) electrons. The summed E-state index contributed by atoms with van der Waals surface area (Å²) in [5.74, 6) is -0.299. The number of esters is 1. The van der Waals surface area contributed by atoms with E-state index in [0.29, 0.717) is 18.6 Å². The van der Waals surface area contributed by atoms with Crippen LogP contribution in [0.5, 0.6) is 0 Å². The van der Waals surface area contributed by atoms with Crippen molar-refractivity contribution in [3.8, 4) is 0 Å². The van der Waals surface area contributed by atoms with Crippen LogP contribution in [0, 0.1) is 0 Å². The maximum atomic E-state index is 11.4. The highest BCUT2D eigenvalue weighted by Crippen LogP contribution is 2.08. The van der Waals surface area contributed by atoms with E-state index in [-0.39, 0.29) is 12.1 Å². The molecule has 1 aromatic carbocycles.